The van der Waals surface area contributed by atoms with E-state index in [1.165, 1.54) is 0 Å². The topological polar surface area (TPSA) is 102 Å². The molecule has 0 aromatic rings. The Labute approximate surface area is 316 Å². The Morgan fingerprint density at radius 3 is 1.12 bits per heavy atom. The van der Waals surface area contributed by atoms with Crippen molar-refractivity contribution in [3.63, 3.8) is 0 Å². The summed E-state index contributed by atoms with van der Waals surface area (Å²) >= 11 is 0. The molecule has 0 amide bonds. The van der Waals surface area contributed by atoms with E-state index in [9.17, 15) is 129 Å². The summed E-state index contributed by atoms with van der Waals surface area (Å²) in [5.41, 5.74) is 0. The van der Waals surface area contributed by atoms with Gasteiger partial charge >= 0.3 is 83.3 Å². The van der Waals surface area contributed by atoms with E-state index in [0.717, 1.165) is 0 Å². The molecule has 33 heteroatoms. The first-order valence-electron chi connectivity index (χ1n) is 12.5. The summed E-state index contributed by atoms with van der Waals surface area (Å²) in [5, 5.41) is 1.78. The molecule has 0 saturated carbocycles. The van der Waals surface area contributed by atoms with Gasteiger partial charge in [-0.15, -0.1) is 0 Å². The normalized spacial score (nSPS) is 14.8. The van der Waals surface area contributed by atoms with Crippen molar-refractivity contribution in [2.75, 3.05) is 13.1 Å². The lowest BCUT2D eigenvalue weighted by Gasteiger charge is -2.43. The largest absolute Gasteiger partial charge is 0.488 e. The summed E-state index contributed by atoms with van der Waals surface area (Å²) in [6.45, 7) is -2.16. The van der Waals surface area contributed by atoms with Crippen LogP contribution in [0, 0.1) is 0 Å². The van der Waals surface area contributed by atoms with E-state index in [1.807, 2.05) is 0 Å². The van der Waals surface area contributed by atoms with E-state index >= 15 is 0 Å². The van der Waals surface area contributed by atoms with Crippen LogP contribution in [-0.2, 0) is 4.12 Å². The molecular weight excluding hydrogens is 925 g/mol. The first-order valence-corrected chi connectivity index (χ1v) is 16.5. The van der Waals surface area contributed by atoms with Crippen LogP contribution in [0.15, 0.2) is 11.9 Å². The second-order valence-electron chi connectivity index (χ2n) is 10.2. The highest BCUT2D eigenvalue weighted by molar-refractivity contribution is 6.72. The molecule has 360 valence electrons. The van der Waals surface area contributed by atoms with Crippen molar-refractivity contribution in [2.24, 2.45) is 0 Å². The minimum atomic E-state index is -8.91. The van der Waals surface area contributed by atoms with E-state index in [1.54, 1.807) is 5.32 Å². The fraction of sp³-hybridized carbons (Fsp3) is 0.920. The van der Waals surface area contributed by atoms with Crippen molar-refractivity contribution in [3.05, 3.63) is 11.9 Å². The SMILES string of the molecule is C.C.C.C.C.C.O[Si](O)(CCCNC/C=C(\F)C(F)(F)C(F)(F)C(F)(F)F)O[Si](O)(O)CCC(F)(F)C(F)(F)C(F)(F)C(F)(F)C(F)(F)C(F)(F)C(F)(F)C(F)(F)F. The van der Waals surface area contributed by atoms with Gasteiger partial charge in [0.15, 0.2) is 5.83 Å². The minimum Gasteiger partial charge on any atom is -0.390 e. The summed E-state index contributed by atoms with van der Waals surface area (Å²) in [6.07, 6.45) is -19.7. The Morgan fingerprint density at radius 1 is 0.466 bits per heavy atom. The van der Waals surface area contributed by atoms with Crippen molar-refractivity contribution < 1.29 is 133 Å². The molecular formula is C25H42F25NO5Si2. The van der Waals surface area contributed by atoms with Gasteiger partial charge in [-0.25, -0.2) is 4.39 Å². The fourth-order valence-electron chi connectivity index (χ4n) is 3.20. The van der Waals surface area contributed by atoms with Gasteiger partial charge in [-0.2, -0.15) is 105 Å². The van der Waals surface area contributed by atoms with Gasteiger partial charge in [0, 0.05) is 25.1 Å². The van der Waals surface area contributed by atoms with Gasteiger partial charge in [-0.1, -0.05) is 44.6 Å². The molecule has 0 aliphatic heterocycles. The Bertz CT molecular complexity index is 1260. The molecule has 0 unspecified atom stereocenters. The maximum atomic E-state index is 14.0. The lowest BCUT2D eigenvalue weighted by atomic mass is 9.88. The third-order valence-corrected chi connectivity index (χ3v) is 10.7. The Morgan fingerprint density at radius 2 is 0.776 bits per heavy atom. The van der Waals surface area contributed by atoms with Crippen LogP contribution in [0.25, 0.3) is 0 Å². The molecule has 0 aromatic carbocycles. The average Bonchev–Trinajstić information content (AvgIpc) is 2.91. The van der Waals surface area contributed by atoms with Crippen molar-refractivity contribution in [2.45, 2.75) is 135 Å². The van der Waals surface area contributed by atoms with E-state index in [0.29, 0.717) is 0 Å². The van der Waals surface area contributed by atoms with Crippen molar-refractivity contribution in [3.8, 4) is 0 Å². The predicted molar refractivity (Wildman–Crippen MR) is 159 cm³/mol. The molecule has 0 spiro atoms. The number of rotatable bonds is 19. The number of nitrogens with one attached hydrogen (secondary N) is 1. The van der Waals surface area contributed by atoms with Gasteiger partial charge in [0.25, 0.3) is 0 Å². The highest BCUT2D eigenvalue weighted by Gasteiger charge is 2.95. The number of alkyl halides is 24. The lowest BCUT2D eigenvalue weighted by Crippen LogP contribution is -2.74. The summed E-state index contributed by atoms with van der Waals surface area (Å²) < 4.78 is 331. The monoisotopic (exact) mass is 967 g/mol. The molecule has 0 aromatic heterocycles. The average molecular weight is 968 g/mol. The van der Waals surface area contributed by atoms with E-state index in [2.05, 4.69) is 4.12 Å². The van der Waals surface area contributed by atoms with E-state index in [4.69, 9.17) is 0 Å². The summed E-state index contributed by atoms with van der Waals surface area (Å²) in [4.78, 5) is 38.3. The maximum Gasteiger partial charge on any atom is 0.488 e. The first kappa shape index (κ1) is 70.7. The van der Waals surface area contributed by atoms with E-state index < -0.39 is 133 Å². The molecule has 0 bridgehead atoms. The summed E-state index contributed by atoms with van der Waals surface area (Å²) in [6, 6.07) is -4.02. The van der Waals surface area contributed by atoms with Gasteiger partial charge in [0.1, 0.15) is 0 Å². The zero-order valence-electron chi connectivity index (χ0n) is 24.0. The lowest BCUT2D eigenvalue weighted by molar-refractivity contribution is -0.461. The first-order chi connectivity index (χ1) is 22.3. The number of hydrogen-bond donors (Lipinski definition) is 5. The highest BCUT2D eigenvalue weighted by atomic mass is 28.5. The smallest absolute Gasteiger partial charge is 0.390 e. The van der Waals surface area contributed by atoms with Crippen LogP contribution in [0.2, 0.25) is 12.1 Å². The van der Waals surface area contributed by atoms with Crippen LogP contribution in [0.5, 0.6) is 0 Å². The molecule has 0 aliphatic rings. The van der Waals surface area contributed by atoms with Crippen LogP contribution >= 0.6 is 0 Å². The van der Waals surface area contributed by atoms with Crippen LogP contribution in [0.4, 0.5) is 110 Å². The van der Waals surface area contributed by atoms with Gasteiger partial charge in [-0.05, 0) is 19.0 Å². The molecule has 0 saturated heterocycles. The molecule has 0 aliphatic carbocycles. The van der Waals surface area contributed by atoms with Crippen molar-refractivity contribution >= 4 is 17.6 Å². The molecule has 0 heterocycles. The van der Waals surface area contributed by atoms with Crippen LogP contribution < -0.4 is 5.32 Å². The zero-order valence-corrected chi connectivity index (χ0v) is 26.0. The summed E-state index contributed by atoms with van der Waals surface area (Å²) in [7, 11) is -12.1. The second-order valence-corrected chi connectivity index (χ2v) is 15.0. The van der Waals surface area contributed by atoms with E-state index in [-0.39, 0.29) is 44.6 Å². The second kappa shape index (κ2) is 20.8. The summed E-state index contributed by atoms with van der Waals surface area (Å²) in [5.74, 6) is -75.6. The molecule has 0 rings (SSSR count). The maximum absolute atomic E-state index is 14.0. The Hall–Kier alpha value is -1.82. The molecule has 58 heavy (non-hydrogen) atoms. The third kappa shape index (κ3) is 13.1. The Kier molecular flexibility index (Phi) is 25.4. The standard InChI is InChI=1S/C19H18F25NO5Si2.6CH4/c20-8(10(23,24)12(27,28)18(39,40)41)2-5-45-4-1-6-51(46,47)50-52(48,49)7-3-9(21,22)11(25,26)13(29,30)14(31,32)15(33,34)16(35,36)17(37,38)19(42,43)44;;;;;;/h2,45-49H,1,3-7H2;6*1H4/b8-2-;;;;;;. The van der Waals surface area contributed by atoms with Gasteiger partial charge in [-0.3, -0.25) is 0 Å². The molecule has 5 N–H and O–H groups in total. The molecule has 0 fully saturated rings. The number of hydrogen-bond acceptors (Lipinski definition) is 6. The predicted octanol–water partition coefficient (Wildman–Crippen LogP) is 10.7. The minimum absolute atomic E-state index is 0. The van der Waals surface area contributed by atoms with Crippen molar-refractivity contribution in [1.29, 1.82) is 0 Å². The highest BCUT2D eigenvalue weighted by Crippen LogP contribution is 2.64. The fourth-order valence-corrected chi connectivity index (χ4v) is 7.39. The molecule has 0 atom stereocenters. The van der Waals surface area contributed by atoms with Gasteiger partial charge in [0.05, 0.1) is 0 Å². The van der Waals surface area contributed by atoms with Crippen LogP contribution in [0.3, 0.4) is 0 Å². The number of allylic oxidation sites excluding steroid dienone is 1. The van der Waals surface area contributed by atoms with Gasteiger partial charge in [0.2, 0.25) is 0 Å². The third-order valence-electron chi connectivity index (χ3n) is 6.21. The number of halogens is 25. The zero-order chi connectivity index (χ0) is 42.4. The Balaban J connectivity index is -0.000000867. The van der Waals surface area contributed by atoms with Crippen molar-refractivity contribution in [1.82, 2.24) is 5.32 Å². The molecule has 0 radical (unpaired) electrons. The van der Waals surface area contributed by atoms with Crippen LogP contribution in [0.1, 0.15) is 57.4 Å². The van der Waals surface area contributed by atoms with Crippen LogP contribution in [-0.4, -0.2) is 116 Å². The quantitative estimate of drug-likeness (QED) is 0.0502. The van der Waals surface area contributed by atoms with Gasteiger partial charge < -0.3 is 28.6 Å². The molecule has 6 nitrogen and oxygen atoms in total.